The molecule has 30 heavy (non-hydrogen) atoms. The second-order valence-corrected chi connectivity index (χ2v) is 7.71. The molecule has 1 aliphatic heterocycles. The first-order chi connectivity index (χ1) is 14.5. The average Bonchev–Trinajstić information content (AvgIpc) is 3.52. The van der Waals surface area contributed by atoms with Gasteiger partial charge in [0.25, 0.3) is 5.91 Å². The molecule has 9 nitrogen and oxygen atoms in total. The molecule has 2 amide bonds. The van der Waals surface area contributed by atoms with E-state index in [0.717, 1.165) is 52.1 Å². The summed E-state index contributed by atoms with van der Waals surface area (Å²) in [6.45, 7) is 1.14. The normalized spacial score (nSPS) is 16.3. The Morgan fingerprint density at radius 1 is 1.23 bits per heavy atom. The van der Waals surface area contributed by atoms with Gasteiger partial charge in [-0.15, -0.1) is 0 Å². The van der Waals surface area contributed by atoms with Crippen LogP contribution in [0.25, 0.3) is 22.2 Å². The lowest BCUT2D eigenvalue weighted by Gasteiger charge is -2.17. The number of anilines is 2. The molecule has 154 valence electrons. The van der Waals surface area contributed by atoms with Crippen LogP contribution < -0.4 is 26.8 Å². The van der Waals surface area contributed by atoms with Crippen LogP contribution in [0.5, 0.6) is 5.75 Å². The summed E-state index contributed by atoms with van der Waals surface area (Å²) < 4.78 is 5.96. The first kappa shape index (κ1) is 18.3. The van der Waals surface area contributed by atoms with E-state index in [1.807, 2.05) is 12.1 Å². The summed E-state index contributed by atoms with van der Waals surface area (Å²) in [7, 11) is 0. The quantitative estimate of drug-likeness (QED) is 0.422. The number of pyridine rings is 1. The molecule has 9 heteroatoms. The number of nitrogens with zero attached hydrogens (tertiary/aromatic N) is 1. The summed E-state index contributed by atoms with van der Waals surface area (Å²) in [5, 5.41) is 7.62. The van der Waals surface area contributed by atoms with Crippen molar-refractivity contribution in [3.63, 3.8) is 0 Å². The van der Waals surface area contributed by atoms with Gasteiger partial charge < -0.3 is 31.8 Å². The highest BCUT2D eigenvalue weighted by Gasteiger charge is 2.35. The molecule has 0 saturated heterocycles. The fraction of sp³-hybridized carbons (Fsp3) is 0.286. The number of amides is 2. The SMILES string of the molecule is NC(=O)c1ccc(-c2[nH]c3cc(N[C@H](C(N)=O)C4CC4)cc4c3c2NCCO4)cn1. The number of hydrogen-bond acceptors (Lipinski definition) is 6. The van der Waals surface area contributed by atoms with Gasteiger partial charge in [-0.1, -0.05) is 0 Å². The minimum atomic E-state index is -0.569. The Labute approximate surface area is 172 Å². The Bertz CT molecular complexity index is 1150. The van der Waals surface area contributed by atoms with Gasteiger partial charge in [-0.3, -0.25) is 14.6 Å². The van der Waals surface area contributed by atoms with Crippen molar-refractivity contribution in [2.75, 3.05) is 23.8 Å². The van der Waals surface area contributed by atoms with Crippen LogP contribution >= 0.6 is 0 Å². The largest absolute Gasteiger partial charge is 0.491 e. The van der Waals surface area contributed by atoms with E-state index >= 15 is 0 Å². The molecule has 1 aliphatic carbocycles. The summed E-state index contributed by atoms with van der Waals surface area (Å²) in [6.07, 6.45) is 3.62. The standard InChI is InChI=1S/C21H22N6O3/c22-20(28)13-4-3-11(9-25-13)17-19-16-14(27-17)7-12(8-15(16)30-6-5-24-19)26-18(21(23)29)10-1-2-10/h3-4,7-10,18,24,26-27H,1-2,5-6H2,(H2,22,28)(H2,23,29)/t18-/m0/s1. The summed E-state index contributed by atoms with van der Waals surface area (Å²) in [6, 6.07) is 6.87. The third-order valence-corrected chi connectivity index (χ3v) is 5.55. The molecule has 0 unspecified atom stereocenters. The van der Waals surface area contributed by atoms with Gasteiger partial charge in [-0.2, -0.15) is 0 Å². The van der Waals surface area contributed by atoms with Crippen molar-refractivity contribution in [1.29, 1.82) is 0 Å². The second-order valence-electron chi connectivity index (χ2n) is 7.71. The molecular weight excluding hydrogens is 384 g/mol. The summed E-state index contributed by atoms with van der Waals surface area (Å²) in [4.78, 5) is 30.8. The fourth-order valence-electron chi connectivity index (χ4n) is 3.94. The Hall–Kier alpha value is -3.75. The Balaban J connectivity index is 1.59. The number of aromatic nitrogens is 2. The van der Waals surface area contributed by atoms with Crippen molar-refractivity contribution in [3.8, 4) is 17.0 Å². The topological polar surface area (TPSA) is 148 Å². The number of hydrogen-bond donors (Lipinski definition) is 5. The van der Waals surface area contributed by atoms with Crippen LogP contribution in [0.3, 0.4) is 0 Å². The van der Waals surface area contributed by atoms with E-state index < -0.39 is 11.9 Å². The van der Waals surface area contributed by atoms with E-state index in [2.05, 4.69) is 20.6 Å². The smallest absolute Gasteiger partial charge is 0.267 e. The lowest BCUT2D eigenvalue weighted by atomic mass is 10.1. The van der Waals surface area contributed by atoms with Crippen molar-refractivity contribution in [2.24, 2.45) is 17.4 Å². The molecule has 1 saturated carbocycles. The Kier molecular flexibility index (Phi) is 4.23. The van der Waals surface area contributed by atoms with Crippen LogP contribution in [0.4, 0.5) is 11.4 Å². The van der Waals surface area contributed by atoms with Crippen molar-refractivity contribution in [3.05, 3.63) is 36.2 Å². The second kappa shape index (κ2) is 6.94. The maximum atomic E-state index is 11.9. The van der Waals surface area contributed by atoms with Gasteiger partial charge in [-0.05, 0) is 37.0 Å². The van der Waals surface area contributed by atoms with Gasteiger partial charge in [0.05, 0.1) is 22.3 Å². The molecule has 0 spiro atoms. The molecule has 7 N–H and O–H groups in total. The molecular formula is C21H22N6O3. The molecule has 3 heterocycles. The van der Waals surface area contributed by atoms with Crippen LogP contribution in [-0.4, -0.2) is 41.0 Å². The van der Waals surface area contributed by atoms with Crippen LogP contribution in [0, 0.1) is 5.92 Å². The number of nitrogens with two attached hydrogens (primary N) is 2. The minimum Gasteiger partial charge on any atom is -0.491 e. The first-order valence-electron chi connectivity index (χ1n) is 9.89. The monoisotopic (exact) mass is 406 g/mol. The maximum absolute atomic E-state index is 11.9. The molecule has 1 aromatic carbocycles. The number of H-pyrrole nitrogens is 1. The van der Waals surface area contributed by atoms with Gasteiger partial charge in [-0.25, -0.2) is 0 Å². The Morgan fingerprint density at radius 2 is 2.07 bits per heavy atom. The third kappa shape index (κ3) is 3.18. The summed E-state index contributed by atoms with van der Waals surface area (Å²) in [5.41, 5.74) is 15.3. The minimum absolute atomic E-state index is 0.210. The highest BCUT2D eigenvalue weighted by molar-refractivity contribution is 6.06. The maximum Gasteiger partial charge on any atom is 0.267 e. The van der Waals surface area contributed by atoms with Crippen LogP contribution in [-0.2, 0) is 4.79 Å². The zero-order valence-electron chi connectivity index (χ0n) is 16.2. The molecule has 2 aliphatic rings. The predicted molar refractivity (Wildman–Crippen MR) is 113 cm³/mol. The third-order valence-electron chi connectivity index (χ3n) is 5.55. The van der Waals surface area contributed by atoms with E-state index in [4.69, 9.17) is 16.2 Å². The van der Waals surface area contributed by atoms with Gasteiger partial charge in [0.2, 0.25) is 5.91 Å². The fourth-order valence-corrected chi connectivity index (χ4v) is 3.94. The van der Waals surface area contributed by atoms with Gasteiger partial charge in [0.1, 0.15) is 24.1 Å². The molecule has 1 fully saturated rings. The van der Waals surface area contributed by atoms with Gasteiger partial charge in [0.15, 0.2) is 0 Å². The molecule has 2 aromatic heterocycles. The summed E-state index contributed by atoms with van der Waals surface area (Å²) >= 11 is 0. The van der Waals surface area contributed by atoms with Crippen LogP contribution in [0.15, 0.2) is 30.5 Å². The highest BCUT2D eigenvalue weighted by atomic mass is 16.5. The molecule has 3 aromatic rings. The number of ether oxygens (including phenoxy) is 1. The molecule has 1 atom stereocenters. The van der Waals surface area contributed by atoms with Crippen LogP contribution in [0.1, 0.15) is 23.3 Å². The average molecular weight is 406 g/mol. The van der Waals surface area contributed by atoms with Crippen molar-refractivity contribution < 1.29 is 14.3 Å². The lowest BCUT2D eigenvalue weighted by Crippen LogP contribution is -2.37. The summed E-state index contributed by atoms with van der Waals surface area (Å²) in [5.74, 6) is 0.0859. The van der Waals surface area contributed by atoms with Crippen molar-refractivity contribution in [2.45, 2.75) is 18.9 Å². The van der Waals surface area contributed by atoms with Crippen molar-refractivity contribution in [1.82, 2.24) is 9.97 Å². The van der Waals surface area contributed by atoms with E-state index in [1.165, 1.54) is 0 Å². The Morgan fingerprint density at radius 3 is 2.73 bits per heavy atom. The number of rotatable bonds is 6. The van der Waals surface area contributed by atoms with Crippen LogP contribution in [0.2, 0.25) is 0 Å². The molecule has 5 rings (SSSR count). The van der Waals surface area contributed by atoms with E-state index in [1.54, 1.807) is 18.3 Å². The zero-order chi connectivity index (χ0) is 20.8. The van der Waals surface area contributed by atoms with Gasteiger partial charge >= 0.3 is 0 Å². The van der Waals surface area contributed by atoms with Gasteiger partial charge in [0, 0.05) is 30.1 Å². The number of carbonyl (C=O) groups excluding carboxylic acids is 2. The van der Waals surface area contributed by atoms with E-state index in [-0.39, 0.29) is 17.5 Å². The first-order valence-corrected chi connectivity index (χ1v) is 9.89. The lowest BCUT2D eigenvalue weighted by molar-refractivity contribution is -0.119. The number of carbonyl (C=O) groups is 2. The zero-order valence-corrected chi connectivity index (χ0v) is 16.2. The van der Waals surface area contributed by atoms with E-state index in [0.29, 0.717) is 13.2 Å². The predicted octanol–water partition coefficient (Wildman–Crippen LogP) is 1.81. The number of nitrogens with one attached hydrogen (secondary N) is 3. The van der Waals surface area contributed by atoms with E-state index in [9.17, 15) is 9.59 Å². The number of primary amides is 2. The van der Waals surface area contributed by atoms with Crippen molar-refractivity contribution >= 4 is 34.1 Å². The molecule has 0 bridgehead atoms. The number of aromatic amines is 1. The number of benzene rings is 1. The molecule has 0 radical (unpaired) electrons. The highest BCUT2D eigenvalue weighted by Crippen LogP contribution is 2.43.